The summed E-state index contributed by atoms with van der Waals surface area (Å²) in [5.41, 5.74) is 4.46. The molecule has 0 saturated carbocycles. The maximum absolute atomic E-state index is 13.5. The van der Waals surface area contributed by atoms with Crippen LogP contribution >= 0.6 is 0 Å². The molecule has 0 amide bonds. The maximum Gasteiger partial charge on any atom is 0.241 e. The van der Waals surface area contributed by atoms with Gasteiger partial charge in [0.15, 0.2) is 0 Å². The Morgan fingerprint density at radius 2 is 2.05 bits per heavy atom. The Labute approximate surface area is 123 Å². The smallest absolute Gasteiger partial charge is 0.241 e. The number of aliphatic hydroxyl groups is 1. The number of nitrogens with two attached hydrogens (primary N) is 1. The van der Waals surface area contributed by atoms with E-state index in [2.05, 4.69) is 4.72 Å². The lowest BCUT2D eigenvalue weighted by atomic mass is 9.93. The number of hydrogen-bond donors (Lipinski definition) is 3. The summed E-state index contributed by atoms with van der Waals surface area (Å²) in [7, 11) is -3.90. The van der Waals surface area contributed by atoms with Gasteiger partial charge in [0.2, 0.25) is 10.0 Å². The lowest BCUT2D eigenvalue weighted by molar-refractivity contribution is 0.0223. The Hall–Kier alpha value is -1.22. The molecule has 2 rings (SSSR count). The summed E-state index contributed by atoms with van der Waals surface area (Å²) < 4.78 is 46.1. The number of nitrogen functional groups attached to an aromatic ring is 1. The van der Waals surface area contributed by atoms with E-state index in [-0.39, 0.29) is 22.8 Å². The van der Waals surface area contributed by atoms with Crippen LogP contribution in [-0.4, -0.2) is 38.9 Å². The number of benzene rings is 1. The molecular formula is C13H19FN2O4S. The van der Waals surface area contributed by atoms with Gasteiger partial charge >= 0.3 is 0 Å². The van der Waals surface area contributed by atoms with Crippen LogP contribution in [0.1, 0.15) is 18.4 Å². The SMILES string of the molecule is Cc1cc(S(=O)(=O)NC2(CO)CCOCC2)cc(N)c1F. The highest BCUT2D eigenvalue weighted by molar-refractivity contribution is 7.89. The molecule has 1 fully saturated rings. The Balaban J connectivity index is 2.33. The zero-order chi connectivity index (χ0) is 15.7. The van der Waals surface area contributed by atoms with E-state index in [4.69, 9.17) is 10.5 Å². The van der Waals surface area contributed by atoms with Gasteiger partial charge in [-0.25, -0.2) is 17.5 Å². The number of anilines is 1. The summed E-state index contributed by atoms with van der Waals surface area (Å²) in [5, 5.41) is 9.54. The zero-order valence-corrected chi connectivity index (χ0v) is 12.5. The van der Waals surface area contributed by atoms with Gasteiger partial charge in [0.25, 0.3) is 0 Å². The van der Waals surface area contributed by atoms with E-state index < -0.39 is 21.4 Å². The fourth-order valence-corrected chi connectivity index (χ4v) is 3.89. The van der Waals surface area contributed by atoms with Crippen molar-refractivity contribution in [3.63, 3.8) is 0 Å². The predicted molar refractivity (Wildman–Crippen MR) is 75.7 cm³/mol. The normalized spacial score (nSPS) is 18.6. The van der Waals surface area contributed by atoms with Crippen LogP contribution in [0, 0.1) is 12.7 Å². The molecule has 0 spiro atoms. The van der Waals surface area contributed by atoms with Crippen LogP contribution in [0.4, 0.5) is 10.1 Å². The third-order valence-electron chi connectivity index (χ3n) is 3.67. The van der Waals surface area contributed by atoms with Crippen molar-refractivity contribution in [2.75, 3.05) is 25.6 Å². The first-order chi connectivity index (χ1) is 9.80. The van der Waals surface area contributed by atoms with Crippen molar-refractivity contribution in [1.29, 1.82) is 0 Å². The van der Waals surface area contributed by atoms with E-state index in [9.17, 15) is 17.9 Å². The quantitative estimate of drug-likeness (QED) is 0.703. The third-order valence-corrected chi connectivity index (χ3v) is 5.23. The number of hydrogen-bond acceptors (Lipinski definition) is 5. The van der Waals surface area contributed by atoms with E-state index in [1.54, 1.807) is 0 Å². The number of halogens is 1. The minimum Gasteiger partial charge on any atom is -0.396 e. The first-order valence-electron chi connectivity index (χ1n) is 6.58. The number of rotatable bonds is 4. The summed E-state index contributed by atoms with van der Waals surface area (Å²) in [5.74, 6) is -0.628. The molecule has 0 atom stereocenters. The molecule has 0 aliphatic carbocycles. The molecule has 8 heteroatoms. The number of aryl methyl sites for hydroxylation is 1. The van der Waals surface area contributed by atoms with Gasteiger partial charge in [-0.1, -0.05) is 0 Å². The highest BCUT2D eigenvalue weighted by Crippen LogP contribution is 2.25. The van der Waals surface area contributed by atoms with Gasteiger partial charge in [-0.15, -0.1) is 0 Å². The highest BCUT2D eigenvalue weighted by atomic mass is 32.2. The van der Waals surface area contributed by atoms with Crippen LogP contribution in [0.2, 0.25) is 0 Å². The second-order valence-electron chi connectivity index (χ2n) is 5.30. The molecule has 4 N–H and O–H groups in total. The van der Waals surface area contributed by atoms with Crippen molar-refractivity contribution in [2.24, 2.45) is 0 Å². The summed E-state index contributed by atoms with van der Waals surface area (Å²) in [6.45, 7) is 1.85. The maximum atomic E-state index is 13.5. The van der Waals surface area contributed by atoms with Crippen molar-refractivity contribution in [1.82, 2.24) is 4.72 Å². The molecule has 0 unspecified atom stereocenters. The zero-order valence-electron chi connectivity index (χ0n) is 11.7. The van der Waals surface area contributed by atoms with Gasteiger partial charge in [0.05, 0.1) is 22.7 Å². The van der Waals surface area contributed by atoms with Crippen LogP contribution in [0.5, 0.6) is 0 Å². The lowest BCUT2D eigenvalue weighted by Crippen LogP contribution is -2.54. The van der Waals surface area contributed by atoms with Gasteiger partial charge in [0.1, 0.15) is 5.82 Å². The van der Waals surface area contributed by atoms with E-state index >= 15 is 0 Å². The average molecular weight is 318 g/mol. The molecule has 1 aromatic carbocycles. The molecule has 1 aromatic rings. The summed E-state index contributed by atoms with van der Waals surface area (Å²) in [6, 6.07) is 2.30. The van der Waals surface area contributed by atoms with Gasteiger partial charge in [-0.05, 0) is 37.5 Å². The molecule has 1 heterocycles. The monoisotopic (exact) mass is 318 g/mol. The van der Waals surface area contributed by atoms with Crippen molar-refractivity contribution in [2.45, 2.75) is 30.2 Å². The molecule has 6 nitrogen and oxygen atoms in total. The van der Waals surface area contributed by atoms with Crippen LogP contribution in [0.15, 0.2) is 17.0 Å². The van der Waals surface area contributed by atoms with Crippen molar-refractivity contribution >= 4 is 15.7 Å². The van der Waals surface area contributed by atoms with E-state index in [0.717, 1.165) is 6.07 Å². The third kappa shape index (κ3) is 3.34. The number of sulfonamides is 1. The number of aliphatic hydroxyl groups excluding tert-OH is 1. The van der Waals surface area contributed by atoms with Crippen LogP contribution in [0.3, 0.4) is 0 Å². The molecule has 1 aliphatic rings. The van der Waals surface area contributed by atoms with Crippen molar-refractivity contribution < 1.29 is 22.7 Å². The van der Waals surface area contributed by atoms with Gasteiger partial charge in [-0.3, -0.25) is 0 Å². The second kappa shape index (κ2) is 5.88. The first kappa shape index (κ1) is 16.2. The Kier molecular flexibility index (Phi) is 4.52. The van der Waals surface area contributed by atoms with E-state index in [1.807, 2.05) is 0 Å². The molecule has 1 saturated heterocycles. The Morgan fingerprint density at radius 3 is 2.57 bits per heavy atom. The van der Waals surface area contributed by atoms with Crippen LogP contribution in [-0.2, 0) is 14.8 Å². The fourth-order valence-electron chi connectivity index (χ4n) is 2.32. The largest absolute Gasteiger partial charge is 0.396 e. The molecular weight excluding hydrogens is 299 g/mol. The predicted octanol–water partition coefficient (Wildman–Crippen LogP) is 0.536. The van der Waals surface area contributed by atoms with E-state index in [1.165, 1.54) is 13.0 Å². The van der Waals surface area contributed by atoms with Crippen LogP contribution in [0.25, 0.3) is 0 Å². The topological polar surface area (TPSA) is 102 Å². The minimum absolute atomic E-state index is 0.113. The van der Waals surface area contributed by atoms with Gasteiger partial charge < -0.3 is 15.6 Å². The standard InChI is InChI=1S/C13H19FN2O4S/c1-9-6-10(7-11(15)12(9)14)21(18,19)16-13(8-17)2-4-20-5-3-13/h6-7,16-17H,2-5,8,15H2,1H3. The van der Waals surface area contributed by atoms with Gasteiger partial charge in [0, 0.05) is 13.2 Å². The second-order valence-corrected chi connectivity index (χ2v) is 6.98. The minimum atomic E-state index is -3.90. The van der Waals surface area contributed by atoms with E-state index in [0.29, 0.717) is 26.1 Å². The van der Waals surface area contributed by atoms with Gasteiger partial charge in [-0.2, -0.15) is 0 Å². The molecule has 0 aromatic heterocycles. The number of ether oxygens (including phenoxy) is 1. The summed E-state index contributed by atoms with van der Waals surface area (Å²) in [6.07, 6.45) is 0.747. The van der Waals surface area contributed by atoms with Crippen LogP contribution < -0.4 is 10.5 Å². The van der Waals surface area contributed by atoms with Crippen molar-refractivity contribution in [3.05, 3.63) is 23.5 Å². The Morgan fingerprint density at radius 1 is 1.43 bits per heavy atom. The molecule has 118 valence electrons. The molecule has 0 bridgehead atoms. The lowest BCUT2D eigenvalue weighted by Gasteiger charge is -2.35. The Bertz CT molecular complexity index is 604. The highest BCUT2D eigenvalue weighted by Gasteiger charge is 2.36. The number of nitrogens with one attached hydrogen (secondary N) is 1. The van der Waals surface area contributed by atoms with Crippen molar-refractivity contribution in [3.8, 4) is 0 Å². The molecule has 0 radical (unpaired) electrons. The average Bonchev–Trinajstić information content (AvgIpc) is 2.44. The first-order valence-corrected chi connectivity index (χ1v) is 8.06. The summed E-state index contributed by atoms with van der Waals surface area (Å²) in [4.78, 5) is -0.113. The molecule has 1 aliphatic heterocycles. The summed E-state index contributed by atoms with van der Waals surface area (Å²) >= 11 is 0. The molecule has 21 heavy (non-hydrogen) atoms. The fraction of sp³-hybridized carbons (Fsp3) is 0.538.